The van der Waals surface area contributed by atoms with Gasteiger partial charge in [0.2, 0.25) is 11.8 Å². The van der Waals surface area contributed by atoms with Gasteiger partial charge >= 0.3 is 0 Å². The first-order valence-electron chi connectivity index (χ1n) is 9.72. The van der Waals surface area contributed by atoms with Crippen LogP contribution in [-0.4, -0.2) is 50.9 Å². The molecule has 8 nitrogen and oxygen atoms in total. The van der Waals surface area contributed by atoms with Crippen LogP contribution in [0.1, 0.15) is 12.8 Å². The van der Waals surface area contributed by atoms with E-state index in [1.807, 2.05) is 35.0 Å². The van der Waals surface area contributed by atoms with E-state index in [1.54, 1.807) is 19.5 Å². The summed E-state index contributed by atoms with van der Waals surface area (Å²) in [5, 5.41) is 8.11. The van der Waals surface area contributed by atoms with Gasteiger partial charge in [-0.05, 0) is 36.6 Å². The lowest BCUT2D eigenvalue weighted by atomic mass is 9.64. The maximum atomic E-state index is 5.62. The third-order valence-corrected chi connectivity index (χ3v) is 5.96. The molecule has 0 atom stereocenters. The van der Waals surface area contributed by atoms with E-state index in [2.05, 4.69) is 25.4 Å². The molecule has 0 unspecified atom stereocenters. The van der Waals surface area contributed by atoms with Crippen molar-refractivity contribution in [3.05, 3.63) is 42.9 Å². The Morgan fingerprint density at radius 3 is 2.72 bits per heavy atom. The van der Waals surface area contributed by atoms with Crippen molar-refractivity contribution in [1.82, 2.24) is 24.6 Å². The predicted molar refractivity (Wildman–Crippen MR) is 108 cm³/mol. The summed E-state index contributed by atoms with van der Waals surface area (Å²) >= 11 is 0. The first kappa shape index (κ1) is 16.7. The highest BCUT2D eigenvalue weighted by Gasteiger charge is 2.50. The number of nitrogens with zero attached hydrogens (tertiary/aromatic N) is 5. The van der Waals surface area contributed by atoms with Crippen LogP contribution in [0.5, 0.6) is 5.88 Å². The number of aromatic nitrogens is 5. The van der Waals surface area contributed by atoms with Crippen molar-refractivity contribution >= 4 is 22.5 Å². The van der Waals surface area contributed by atoms with Crippen molar-refractivity contribution in [3.8, 4) is 17.0 Å². The van der Waals surface area contributed by atoms with E-state index in [-0.39, 0.29) is 0 Å². The fourth-order valence-corrected chi connectivity index (χ4v) is 4.46. The molecule has 6 rings (SSSR count). The molecule has 0 radical (unpaired) electrons. The summed E-state index contributed by atoms with van der Waals surface area (Å²) in [5.41, 5.74) is 4.96. The monoisotopic (exact) mass is 388 g/mol. The third-order valence-electron chi connectivity index (χ3n) is 5.96. The van der Waals surface area contributed by atoms with E-state index >= 15 is 0 Å². The lowest BCUT2D eigenvalue weighted by Crippen LogP contribution is -2.56. The van der Waals surface area contributed by atoms with Crippen LogP contribution in [0.25, 0.3) is 27.7 Å². The van der Waals surface area contributed by atoms with Crippen LogP contribution in [0.15, 0.2) is 42.9 Å². The highest BCUT2D eigenvalue weighted by molar-refractivity contribution is 5.89. The summed E-state index contributed by atoms with van der Waals surface area (Å²) in [6.45, 7) is 1.76. The zero-order chi connectivity index (χ0) is 19.4. The standard InChI is InChI=1S/C21H20N6O2/c1-28-19-18-15(13-2-3-16-17(8-13)23-6-5-22-16)4-7-27(18)26-20(25-19)24-14-9-21(10-14)11-29-12-21/h2-8,14H,9-12H2,1H3,(H,24,26). The van der Waals surface area contributed by atoms with Gasteiger partial charge in [-0.2, -0.15) is 4.98 Å². The Bertz CT molecular complexity index is 1220. The molecule has 29 heavy (non-hydrogen) atoms. The number of rotatable bonds is 4. The Labute approximate surface area is 166 Å². The number of hydrogen-bond acceptors (Lipinski definition) is 7. The predicted octanol–water partition coefficient (Wildman–Crippen LogP) is 2.94. The fraction of sp³-hybridized carbons (Fsp3) is 0.333. The zero-order valence-corrected chi connectivity index (χ0v) is 16.0. The fourth-order valence-electron chi connectivity index (χ4n) is 4.46. The number of hydrogen-bond donors (Lipinski definition) is 1. The van der Waals surface area contributed by atoms with Crippen molar-refractivity contribution < 1.29 is 9.47 Å². The molecule has 4 heterocycles. The Hall–Kier alpha value is -3.26. The van der Waals surface area contributed by atoms with Crippen LogP contribution in [0.2, 0.25) is 0 Å². The number of fused-ring (bicyclic) bond motifs is 2. The number of benzene rings is 1. The largest absolute Gasteiger partial charge is 0.479 e. The van der Waals surface area contributed by atoms with Gasteiger partial charge in [-0.25, -0.2) is 4.52 Å². The van der Waals surface area contributed by atoms with Gasteiger partial charge in [0.25, 0.3) is 0 Å². The van der Waals surface area contributed by atoms with E-state index in [0.717, 1.165) is 53.7 Å². The third kappa shape index (κ3) is 2.63. The summed E-state index contributed by atoms with van der Waals surface area (Å²) in [5.74, 6) is 1.13. The van der Waals surface area contributed by atoms with E-state index in [4.69, 9.17) is 9.47 Å². The van der Waals surface area contributed by atoms with Gasteiger partial charge < -0.3 is 14.8 Å². The summed E-state index contributed by atoms with van der Waals surface area (Å²) in [6.07, 6.45) is 7.54. The second-order valence-electron chi connectivity index (χ2n) is 7.97. The molecule has 1 aliphatic heterocycles. The van der Waals surface area contributed by atoms with E-state index in [9.17, 15) is 0 Å². The SMILES string of the molecule is COc1nc(NC2CC3(COC3)C2)nn2ccc(-c3ccc4nccnc4c3)c12. The molecular formula is C21H20N6O2. The smallest absolute Gasteiger partial charge is 0.244 e. The van der Waals surface area contributed by atoms with Crippen molar-refractivity contribution in [3.63, 3.8) is 0 Å². The van der Waals surface area contributed by atoms with E-state index in [1.165, 1.54) is 0 Å². The normalized spacial score (nSPS) is 18.0. The first-order valence-corrected chi connectivity index (χ1v) is 9.72. The van der Waals surface area contributed by atoms with Gasteiger partial charge in [0.05, 0.1) is 31.4 Å². The molecule has 1 spiro atoms. The maximum Gasteiger partial charge on any atom is 0.244 e. The minimum Gasteiger partial charge on any atom is -0.479 e. The number of nitrogens with one attached hydrogen (secondary N) is 1. The highest BCUT2D eigenvalue weighted by Crippen LogP contribution is 2.47. The first-order chi connectivity index (χ1) is 14.2. The van der Waals surface area contributed by atoms with Crippen molar-refractivity contribution in [1.29, 1.82) is 0 Å². The Balaban J connectivity index is 1.36. The summed E-state index contributed by atoms with van der Waals surface area (Å²) in [6, 6.07) is 8.44. The molecule has 1 saturated carbocycles. The number of methoxy groups -OCH3 is 1. The van der Waals surface area contributed by atoms with Crippen LogP contribution in [0.4, 0.5) is 5.95 Å². The van der Waals surface area contributed by atoms with Gasteiger partial charge in [-0.3, -0.25) is 9.97 Å². The average Bonchev–Trinajstić information content (AvgIpc) is 3.12. The van der Waals surface area contributed by atoms with Crippen LogP contribution in [-0.2, 0) is 4.74 Å². The highest BCUT2D eigenvalue weighted by atomic mass is 16.5. The second-order valence-corrected chi connectivity index (χ2v) is 7.97. The minimum atomic E-state index is 0.384. The second kappa shape index (κ2) is 6.12. The molecule has 1 aromatic carbocycles. The molecule has 2 fully saturated rings. The van der Waals surface area contributed by atoms with Crippen LogP contribution >= 0.6 is 0 Å². The topological polar surface area (TPSA) is 86.5 Å². The molecule has 4 aromatic rings. The Kier molecular flexibility index (Phi) is 3.52. The minimum absolute atomic E-state index is 0.384. The molecule has 8 heteroatoms. The molecule has 0 bridgehead atoms. The van der Waals surface area contributed by atoms with E-state index < -0.39 is 0 Å². The van der Waals surface area contributed by atoms with Crippen molar-refractivity contribution in [2.45, 2.75) is 18.9 Å². The van der Waals surface area contributed by atoms with Crippen LogP contribution in [0.3, 0.4) is 0 Å². The number of anilines is 1. The van der Waals surface area contributed by atoms with Crippen LogP contribution < -0.4 is 10.1 Å². The molecule has 1 N–H and O–H groups in total. The van der Waals surface area contributed by atoms with Crippen molar-refractivity contribution in [2.24, 2.45) is 5.41 Å². The maximum absolute atomic E-state index is 5.62. The van der Waals surface area contributed by atoms with Crippen molar-refractivity contribution in [2.75, 3.05) is 25.6 Å². The Morgan fingerprint density at radius 1 is 1.14 bits per heavy atom. The molecule has 3 aromatic heterocycles. The molecular weight excluding hydrogens is 368 g/mol. The molecule has 1 saturated heterocycles. The summed E-state index contributed by atoms with van der Waals surface area (Å²) in [4.78, 5) is 13.4. The molecule has 146 valence electrons. The summed E-state index contributed by atoms with van der Waals surface area (Å²) in [7, 11) is 1.64. The van der Waals surface area contributed by atoms with Gasteiger partial charge in [-0.15, -0.1) is 5.10 Å². The van der Waals surface area contributed by atoms with Gasteiger partial charge in [0.15, 0.2) is 0 Å². The molecule has 1 aliphatic carbocycles. The Morgan fingerprint density at radius 2 is 1.97 bits per heavy atom. The lowest BCUT2D eigenvalue weighted by molar-refractivity contribution is -0.160. The summed E-state index contributed by atoms with van der Waals surface area (Å²) < 4.78 is 12.8. The number of ether oxygens (including phenoxy) is 2. The lowest BCUT2D eigenvalue weighted by Gasteiger charge is -2.53. The zero-order valence-electron chi connectivity index (χ0n) is 16.0. The van der Waals surface area contributed by atoms with Gasteiger partial charge in [0, 0.05) is 35.6 Å². The van der Waals surface area contributed by atoms with Gasteiger partial charge in [-0.1, -0.05) is 6.07 Å². The molecule has 2 aliphatic rings. The van der Waals surface area contributed by atoms with Crippen LogP contribution in [0, 0.1) is 5.41 Å². The molecule has 0 amide bonds. The van der Waals surface area contributed by atoms with Gasteiger partial charge in [0.1, 0.15) is 5.52 Å². The quantitative estimate of drug-likeness (QED) is 0.575. The van der Waals surface area contributed by atoms with E-state index in [0.29, 0.717) is 23.3 Å². The average molecular weight is 388 g/mol.